The molecule has 0 saturated carbocycles. The molecule has 0 atom stereocenters. The zero-order valence-electron chi connectivity index (χ0n) is 10.8. The zero-order chi connectivity index (χ0) is 13.0. The van der Waals surface area contributed by atoms with E-state index in [4.69, 9.17) is 9.47 Å². The van der Waals surface area contributed by atoms with Crippen molar-refractivity contribution in [2.75, 3.05) is 6.61 Å². The Hall–Kier alpha value is -1.77. The van der Waals surface area contributed by atoms with Crippen molar-refractivity contribution in [1.82, 2.24) is 0 Å². The average Bonchev–Trinajstić information content (AvgIpc) is 2.38. The first-order valence-electron chi connectivity index (χ1n) is 6.29. The summed E-state index contributed by atoms with van der Waals surface area (Å²) in [5, 5.41) is 0. The van der Waals surface area contributed by atoms with E-state index in [0.717, 1.165) is 24.2 Å². The Morgan fingerprint density at radius 3 is 2.89 bits per heavy atom. The Morgan fingerprint density at radius 2 is 2.22 bits per heavy atom. The topological polar surface area (TPSA) is 35.5 Å². The molecule has 0 radical (unpaired) electrons. The molecule has 1 aliphatic rings. The van der Waals surface area contributed by atoms with Gasteiger partial charge in [0.2, 0.25) is 0 Å². The lowest BCUT2D eigenvalue weighted by Crippen LogP contribution is -2.10. The number of ether oxygens (including phenoxy) is 2. The normalized spacial score (nSPS) is 14.9. The van der Waals surface area contributed by atoms with Gasteiger partial charge in [-0.3, -0.25) is 4.79 Å². The number of benzene rings is 1. The van der Waals surface area contributed by atoms with Crippen molar-refractivity contribution < 1.29 is 14.3 Å². The van der Waals surface area contributed by atoms with Crippen molar-refractivity contribution in [3.63, 3.8) is 0 Å². The number of rotatable bonds is 4. The van der Waals surface area contributed by atoms with Crippen molar-refractivity contribution in [3.8, 4) is 5.75 Å². The van der Waals surface area contributed by atoms with Gasteiger partial charge in [-0.1, -0.05) is 12.1 Å². The van der Waals surface area contributed by atoms with Crippen LogP contribution in [0.15, 0.2) is 36.1 Å². The second-order valence-corrected chi connectivity index (χ2v) is 4.64. The standard InChI is InChI=1S/C15H18O3/c1-11(2)18-14-7-3-5-12(9-14)15(16)13-6-4-8-17-10-13/h3,5,7,9-11H,4,6,8H2,1-2H3. The van der Waals surface area contributed by atoms with E-state index in [2.05, 4.69) is 0 Å². The molecule has 0 aromatic heterocycles. The maximum Gasteiger partial charge on any atom is 0.192 e. The monoisotopic (exact) mass is 246 g/mol. The van der Waals surface area contributed by atoms with E-state index in [1.807, 2.05) is 32.0 Å². The highest BCUT2D eigenvalue weighted by Gasteiger charge is 2.15. The third-order valence-corrected chi connectivity index (χ3v) is 2.69. The Bertz CT molecular complexity index is 461. The molecule has 1 aliphatic heterocycles. The third kappa shape index (κ3) is 3.13. The SMILES string of the molecule is CC(C)Oc1cccc(C(=O)C2=COCCC2)c1. The lowest BCUT2D eigenvalue weighted by atomic mass is 9.99. The molecule has 0 N–H and O–H groups in total. The minimum atomic E-state index is 0.0314. The van der Waals surface area contributed by atoms with Gasteiger partial charge in [0.05, 0.1) is 19.0 Å². The maximum absolute atomic E-state index is 12.2. The first kappa shape index (κ1) is 12.7. The van der Waals surface area contributed by atoms with Crippen molar-refractivity contribution in [2.24, 2.45) is 0 Å². The number of hydrogen-bond donors (Lipinski definition) is 0. The largest absolute Gasteiger partial charge is 0.501 e. The molecule has 0 fully saturated rings. The van der Waals surface area contributed by atoms with Gasteiger partial charge in [-0.15, -0.1) is 0 Å². The summed E-state index contributed by atoms with van der Waals surface area (Å²) < 4.78 is 10.8. The highest BCUT2D eigenvalue weighted by Crippen LogP contribution is 2.21. The highest BCUT2D eigenvalue weighted by molar-refractivity contribution is 6.08. The number of ketones is 1. The molecule has 3 heteroatoms. The van der Waals surface area contributed by atoms with Gasteiger partial charge in [0, 0.05) is 11.1 Å². The molecule has 2 rings (SSSR count). The predicted molar refractivity (Wildman–Crippen MR) is 69.8 cm³/mol. The fourth-order valence-corrected chi connectivity index (χ4v) is 1.90. The van der Waals surface area contributed by atoms with E-state index in [1.54, 1.807) is 12.3 Å². The fourth-order valence-electron chi connectivity index (χ4n) is 1.90. The minimum absolute atomic E-state index is 0.0314. The highest BCUT2D eigenvalue weighted by atomic mass is 16.5. The van der Waals surface area contributed by atoms with Crippen LogP contribution in [0.3, 0.4) is 0 Å². The summed E-state index contributed by atoms with van der Waals surface area (Å²) in [6.07, 6.45) is 3.38. The molecule has 0 spiro atoms. The van der Waals surface area contributed by atoms with Crippen molar-refractivity contribution in [3.05, 3.63) is 41.7 Å². The molecular formula is C15H18O3. The first-order valence-corrected chi connectivity index (χ1v) is 6.29. The van der Waals surface area contributed by atoms with Crippen LogP contribution in [0.1, 0.15) is 37.0 Å². The smallest absolute Gasteiger partial charge is 0.192 e. The van der Waals surface area contributed by atoms with Crippen molar-refractivity contribution in [2.45, 2.75) is 32.8 Å². The lowest BCUT2D eigenvalue weighted by Gasteiger charge is -2.14. The summed E-state index contributed by atoms with van der Waals surface area (Å²) in [6, 6.07) is 7.31. The van der Waals surface area contributed by atoms with Crippen LogP contribution >= 0.6 is 0 Å². The van der Waals surface area contributed by atoms with E-state index in [9.17, 15) is 4.79 Å². The third-order valence-electron chi connectivity index (χ3n) is 2.69. The molecule has 96 valence electrons. The van der Waals surface area contributed by atoms with E-state index >= 15 is 0 Å². The van der Waals surface area contributed by atoms with Gasteiger partial charge in [0.15, 0.2) is 5.78 Å². The zero-order valence-corrected chi connectivity index (χ0v) is 10.8. The molecule has 0 bridgehead atoms. The molecule has 1 aromatic carbocycles. The maximum atomic E-state index is 12.2. The molecular weight excluding hydrogens is 228 g/mol. The Morgan fingerprint density at radius 1 is 1.39 bits per heavy atom. The summed E-state index contributed by atoms with van der Waals surface area (Å²) in [6.45, 7) is 4.63. The van der Waals surface area contributed by atoms with E-state index in [-0.39, 0.29) is 11.9 Å². The van der Waals surface area contributed by atoms with Gasteiger partial charge >= 0.3 is 0 Å². The number of Topliss-reactive ketones (excluding diaryl/α,β-unsaturated/α-hetero) is 1. The van der Waals surface area contributed by atoms with Gasteiger partial charge in [-0.25, -0.2) is 0 Å². The van der Waals surface area contributed by atoms with Crippen LogP contribution in [0.2, 0.25) is 0 Å². The number of carbonyl (C=O) groups is 1. The van der Waals surface area contributed by atoms with E-state index in [0.29, 0.717) is 12.2 Å². The molecule has 1 aromatic rings. The summed E-state index contributed by atoms with van der Waals surface area (Å²) in [7, 11) is 0. The van der Waals surface area contributed by atoms with Crippen LogP contribution in [0.25, 0.3) is 0 Å². The van der Waals surface area contributed by atoms with Crippen LogP contribution in [0, 0.1) is 0 Å². The molecule has 0 saturated heterocycles. The number of hydrogen-bond acceptors (Lipinski definition) is 3. The molecule has 0 amide bonds. The minimum Gasteiger partial charge on any atom is -0.501 e. The van der Waals surface area contributed by atoms with Crippen LogP contribution in [0.5, 0.6) is 5.75 Å². The summed E-state index contributed by atoms with van der Waals surface area (Å²) >= 11 is 0. The Kier molecular flexibility index (Phi) is 4.03. The average molecular weight is 246 g/mol. The van der Waals surface area contributed by atoms with E-state index < -0.39 is 0 Å². The molecule has 1 heterocycles. The van der Waals surface area contributed by atoms with Gasteiger partial charge in [0.25, 0.3) is 0 Å². The van der Waals surface area contributed by atoms with Gasteiger partial charge in [-0.05, 0) is 38.8 Å². The van der Waals surface area contributed by atoms with Crippen molar-refractivity contribution >= 4 is 5.78 Å². The molecule has 18 heavy (non-hydrogen) atoms. The first-order chi connectivity index (χ1) is 8.66. The number of allylic oxidation sites excluding steroid dienone is 1. The van der Waals surface area contributed by atoms with Gasteiger partial charge in [-0.2, -0.15) is 0 Å². The molecule has 0 aliphatic carbocycles. The Labute approximate surface area is 107 Å². The predicted octanol–water partition coefficient (Wildman–Crippen LogP) is 3.35. The number of carbonyl (C=O) groups excluding carboxylic acids is 1. The molecule has 0 unspecified atom stereocenters. The van der Waals surface area contributed by atoms with E-state index in [1.165, 1.54) is 0 Å². The van der Waals surface area contributed by atoms with Gasteiger partial charge in [0.1, 0.15) is 5.75 Å². The van der Waals surface area contributed by atoms with Crippen LogP contribution < -0.4 is 4.74 Å². The summed E-state index contributed by atoms with van der Waals surface area (Å²) in [5.41, 5.74) is 1.40. The molecule has 3 nitrogen and oxygen atoms in total. The summed E-state index contributed by atoms with van der Waals surface area (Å²) in [5.74, 6) is 0.761. The quantitative estimate of drug-likeness (QED) is 0.764. The fraction of sp³-hybridized carbons (Fsp3) is 0.400. The second kappa shape index (κ2) is 5.71. The summed E-state index contributed by atoms with van der Waals surface area (Å²) in [4.78, 5) is 12.2. The van der Waals surface area contributed by atoms with Crippen LogP contribution in [0.4, 0.5) is 0 Å². The second-order valence-electron chi connectivity index (χ2n) is 4.64. The lowest BCUT2D eigenvalue weighted by molar-refractivity contribution is 0.101. The van der Waals surface area contributed by atoms with Crippen molar-refractivity contribution in [1.29, 1.82) is 0 Å². The van der Waals surface area contributed by atoms with Crippen LogP contribution in [-0.2, 0) is 4.74 Å². The Balaban J connectivity index is 2.17. The van der Waals surface area contributed by atoms with Gasteiger partial charge < -0.3 is 9.47 Å². The van der Waals surface area contributed by atoms with Crippen LogP contribution in [-0.4, -0.2) is 18.5 Å².